The van der Waals surface area contributed by atoms with E-state index in [2.05, 4.69) is 51.6 Å². The third kappa shape index (κ3) is 2.79. The highest BCUT2D eigenvalue weighted by Gasteiger charge is 2.26. The molecule has 0 radical (unpaired) electrons. The van der Waals surface area contributed by atoms with E-state index in [4.69, 9.17) is 0 Å². The summed E-state index contributed by atoms with van der Waals surface area (Å²) < 4.78 is 0.893. The quantitative estimate of drug-likeness (QED) is 0.783. The van der Waals surface area contributed by atoms with Gasteiger partial charge in [0, 0.05) is 25.1 Å². The Morgan fingerprint density at radius 1 is 1.41 bits per heavy atom. The molecular formula is C13H20BrN3. The van der Waals surface area contributed by atoms with Gasteiger partial charge in [-0.3, -0.25) is 0 Å². The third-order valence-electron chi connectivity index (χ3n) is 3.71. The largest absolute Gasteiger partial charge is 0.354 e. The van der Waals surface area contributed by atoms with Gasteiger partial charge in [-0.15, -0.1) is 0 Å². The summed E-state index contributed by atoms with van der Waals surface area (Å²) >= 11 is 3.48. The van der Waals surface area contributed by atoms with Gasteiger partial charge < -0.3 is 4.90 Å². The van der Waals surface area contributed by atoms with Crippen LogP contribution in [0.3, 0.4) is 0 Å². The van der Waals surface area contributed by atoms with Crippen LogP contribution >= 0.6 is 15.9 Å². The van der Waals surface area contributed by atoms with Crippen LogP contribution in [0.15, 0.2) is 10.7 Å². The fraction of sp³-hybridized carbons (Fsp3) is 0.692. The van der Waals surface area contributed by atoms with Gasteiger partial charge >= 0.3 is 0 Å². The Morgan fingerprint density at radius 3 is 2.88 bits per heavy atom. The summed E-state index contributed by atoms with van der Waals surface area (Å²) in [4.78, 5) is 11.4. The zero-order valence-electron chi connectivity index (χ0n) is 10.8. The number of piperidine rings is 1. The second kappa shape index (κ2) is 5.34. The van der Waals surface area contributed by atoms with Crippen molar-refractivity contribution in [2.45, 2.75) is 46.1 Å². The molecule has 0 aliphatic carbocycles. The van der Waals surface area contributed by atoms with Crippen molar-refractivity contribution >= 4 is 21.7 Å². The van der Waals surface area contributed by atoms with Crippen LogP contribution in [-0.2, 0) is 6.42 Å². The Bertz CT molecular complexity index is 394. The Labute approximate surface area is 112 Å². The number of rotatable bonds is 2. The van der Waals surface area contributed by atoms with Gasteiger partial charge in [0.2, 0.25) is 0 Å². The van der Waals surface area contributed by atoms with Gasteiger partial charge in [-0.25, -0.2) is 9.97 Å². The van der Waals surface area contributed by atoms with E-state index < -0.39 is 0 Å². The Hall–Kier alpha value is -0.640. The van der Waals surface area contributed by atoms with E-state index >= 15 is 0 Å². The number of aromatic nitrogens is 2. The first-order chi connectivity index (χ1) is 8.11. The average Bonchev–Trinajstić information content (AvgIpc) is 2.31. The van der Waals surface area contributed by atoms with Gasteiger partial charge in [0.15, 0.2) is 0 Å². The summed E-state index contributed by atoms with van der Waals surface area (Å²) in [6.07, 6.45) is 3.46. The Balaban J connectivity index is 2.29. The molecule has 3 nitrogen and oxygen atoms in total. The second-order valence-corrected chi connectivity index (χ2v) is 5.68. The van der Waals surface area contributed by atoms with Crippen molar-refractivity contribution in [3.05, 3.63) is 16.5 Å². The first kappa shape index (κ1) is 12.8. The van der Waals surface area contributed by atoms with Crippen molar-refractivity contribution in [3.63, 3.8) is 0 Å². The van der Waals surface area contributed by atoms with E-state index in [0.29, 0.717) is 6.04 Å². The van der Waals surface area contributed by atoms with Crippen molar-refractivity contribution < 1.29 is 0 Å². The zero-order valence-corrected chi connectivity index (χ0v) is 12.4. The molecule has 1 fully saturated rings. The molecule has 2 heterocycles. The minimum absolute atomic E-state index is 0.565. The summed E-state index contributed by atoms with van der Waals surface area (Å²) in [6, 6.07) is 2.60. The summed E-state index contributed by atoms with van der Waals surface area (Å²) in [7, 11) is 0. The topological polar surface area (TPSA) is 29.0 Å². The molecule has 1 aromatic rings. The van der Waals surface area contributed by atoms with Crippen LogP contribution < -0.4 is 4.90 Å². The number of aryl methyl sites for hydroxylation is 1. The van der Waals surface area contributed by atoms with Gasteiger partial charge in [-0.2, -0.15) is 0 Å². The molecular weight excluding hydrogens is 278 g/mol. The predicted octanol–water partition coefficient (Wildman–Crippen LogP) is 3.43. The first-order valence-electron chi connectivity index (χ1n) is 6.42. The number of hydrogen-bond acceptors (Lipinski definition) is 3. The minimum Gasteiger partial charge on any atom is -0.354 e. The highest BCUT2D eigenvalue weighted by molar-refractivity contribution is 9.10. The van der Waals surface area contributed by atoms with Gasteiger partial charge in [0.1, 0.15) is 16.2 Å². The van der Waals surface area contributed by atoms with Crippen LogP contribution in [-0.4, -0.2) is 22.6 Å². The molecule has 17 heavy (non-hydrogen) atoms. The first-order valence-corrected chi connectivity index (χ1v) is 7.21. The molecule has 94 valence electrons. The summed E-state index contributed by atoms with van der Waals surface area (Å²) in [5.41, 5.74) is 0. The van der Waals surface area contributed by atoms with Gasteiger partial charge in [0.05, 0.1) is 0 Å². The summed E-state index contributed by atoms with van der Waals surface area (Å²) in [5.74, 6) is 2.73. The number of hydrogen-bond donors (Lipinski definition) is 0. The average molecular weight is 298 g/mol. The lowest BCUT2D eigenvalue weighted by Gasteiger charge is -2.38. The summed E-state index contributed by atoms with van der Waals surface area (Å²) in [6.45, 7) is 7.82. The zero-order chi connectivity index (χ0) is 12.4. The Kier molecular flexibility index (Phi) is 4.02. The number of nitrogens with zero attached hydrogens (tertiary/aromatic N) is 3. The maximum absolute atomic E-state index is 4.65. The molecule has 0 aromatic carbocycles. The van der Waals surface area contributed by atoms with Crippen molar-refractivity contribution in [1.82, 2.24) is 9.97 Å². The fourth-order valence-corrected chi connectivity index (χ4v) is 2.83. The molecule has 1 aromatic heterocycles. The molecule has 1 aliphatic rings. The van der Waals surface area contributed by atoms with Crippen LogP contribution in [0, 0.1) is 5.92 Å². The van der Waals surface area contributed by atoms with Crippen molar-refractivity contribution in [2.75, 3.05) is 11.4 Å². The molecule has 0 N–H and O–H groups in total. The number of halogens is 1. The van der Waals surface area contributed by atoms with Crippen LogP contribution in [0.25, 0.3) is 0 Å². The standard InChI is InChI=1S/C13H20BrN3/c1-4-12-15-11(14)8-13(16-12)17-7-5-6-9(2)10(17)3/h8-10H,4-7H2,1-3H3. The molecule has 0 saturated carbocycles. The molecule has 1 aliphatic heterocycles. The molecule has 4 heteroatoms. The van der Waals surface area contributed by atoms with E-state index in [1.165, 1.54) is 12.8 Å². The fourth-order valence-electron chi connectivity index (χ4n) is 2.42. The molecule has 2 rings (SSSR count). The third-order valence-corrected chi connectivity index (χ3v) is 4.12. The van der Waals surface area contributed by atoms with E-state index in [1.807, 2.05) is 6.07 Å². The predicted molar refractivity (Wildman–Crippen MR) is 74.3 cm³/mol. The monoisotopic (exact) mass is 297 g/mol. The van der Waals surface area contributed by atoms with Crippen LogP contribution in [0.1, 0.15) is 39.4 Å². The van der Waals surface area contributed by atoms with E-state index in [9.17, 15) is 0 Å². The SMILES string of the molecule is CCc1nc(Br)cc(N2CCCC(C)C2C)n1. The van der Waals surface area contributed by atoms with Gasteiger partial charge in [0.25, 0.3) is 0 Å². The highest BCUT2D eigenvalue weighted by atomic mass is 79.9. The van der Waals surface area contributed by atoms with Crippen molar-refractivity contribution in [2.24, 2.45) is 5.92 Å². The molecule has 0 bridgehead atoms. The lowest BCUT2D eigenvalue weighted by atomic mass is 9.92. The van der Waals surface area contributed by atoms with Crippen LogP contribution in [0.2, 0.25) is 0 Å². The Morgan fingerprint density at radius 2 is 2.18 bits per heavy atom. The van der Waals surface area contributed by atoms with Gasteiger partial charge in [-0.05, 0) is 41.6 Å². The molecule has 2 atom stereocenters. The minimum atomic E-state index is 0.565. The smallest absolute Gasteiger partial charge is 0.133 e. The van der Waals surface area contributed by atoms with E-state index in [1.54, 1.807) is 0 Å². The maximum Gasteiger partial charge on any atom is 0.133 e. The molecule has 0 spiro atoms. The maximum atomic E-state index is 4.65. The molecule has 1 saturated heterocycles. The van der Waals surface area contributed by atoms with Crippen molar-refractivity contribution in [1.29, 1.82) is 0 Å². The van der Waals surface area contributed by atoms with E-state index in [-0.39, 0.29) is 0 Å². The second-order valence-electron chi connectivity index (χ2n) is 4.87. The van der Waals surface area contributed by atoms with Crippen LogP contribution in [0.4, 0.5) is 5.82 Å². The highest BCUT2D eigenvalue weighted by Crippen LogP contribution is 2.28. The molecule has 0 amide bonds. The lowest BCUT2D eigenvalue weighted by Crippen LogP contribution is -2.43. The number of anilines is 1. The lowest BCUT2D eigenvalue weighted by molar-refractivity contribution is 0.361. The normalized spacial score (nSPS) is 25.1. The van der Waals surface area contributed by atoms with Crippen LogP contribution in [0.5, 0.6) is 0 Å². The molecule has 2 unspecified atom stereocenters. The van der Waals surface area contributed by atoms with Gasteiger partial charge in [-0.1, -0.05) is 13.8 Å². The summed E-state index contributed by atoms with van der Waals surface area (Å²) in [5, 5.41) is 0. The van der Waals surface area contributed by atoms with E-state index in [0.717, 1.165) is 35.1 Å². The van der Waals surface area contributed by atoms with Crippen molar-refractivity contribution in [3.8, 4) is 0 Å².